The maximum Gasteiger partial charge on any atom is 0.515 e. The molecule has 0 bridgehead atoms. The fraction of sp³-hybridized carbons (Fsp3) is 0.174. The molecular weight excluding hydrogens is 538 g/mol. The Morgan fingerprint density at radius 1 is 1.05 bits per heavy atom. The summed E-state index contributed by atoms with van der Waals surface area (Å²) in [7, 11) is -2.96. The molecule has 0 spiro atoms. The first-order chi connectivity index (χ1) is 18.2. The highest BCUT2D eigenvalue weighted by atomic mass is 32.2. The van der Waals surface area contributed by atoms with E-state index in [4.69, 9.17) is 14.2 Å². The van der Waals surface area contributed by atoms with Crippen LogP contribution in [0.5, 0.6) is 0 Å². The lowest BCUT2D eigenvalue weighted by atomic mass is 10.1. The number of anilines is 1. The average molecular weight is 560 g/mol. The van der Waals surface area contributed by atoms with Crippen molar-refractivity contribution in [2.45, 2.75) is 11.8 Å². The van der Waals surface area contributed by atoms with Crippen LogP contribution in [0.3, 0.4) is 0 Å². The fourth-order valence-electron chi connectivity index (χ4n) is 3.28. The van der Waals surface area contributed by atoms with Crippen molar-refractivity contribution >= 4 is 50.3 Å². The number of fused-ring (bicyclic) bond motifs is 1. The van der Waals surface area contributed by atoms with Gasteiger partial charge in [0.15, 0.2) is 16.6 Å². The number of sulfonamides is 1. The molecule has 0 aliphatic carbocycles. The van der Waals surface area contributed by atoms with Gasteiger partial charge in [0.2, 0.25) is 0 Å². The lowest BCUT2D eigenvalue weighted by molar-refractivity contribution is -0.113. The predicted octanol–water partition coefficient (Wildman–Crippen LogP) is 2.30. The Bertz CT molecular complexity index is 1500. The van der Waals surface area contributed by atoms with E-state index in [1.165, 1.54) is 61.1 Å². The SMILES string of the molecule is Cc1cnc(NC(=O)C2=C(OC(=O)OCNCOC(=O)c3cccnc3)c3ccccc3S(=O)(=O)N2C)s1. The van der Waals surface area contributed by atoms with Crippen LogP contribution in [0, 0.1) is 6.92 Å². The third-order valence-corrected chi connectivity index (χ3v) is 7.68. The number of aromatic nitrogens is 2. The number of nitrogens with zero attached hydrogens (tertiary/aromatic N) is 3. The van der Waals surface area contributed by atoms with Crippen LogP contribution in [0.2, 0.25) is 0 Å². The molecule has 2 aromatic heterocycles. The van der Waals surface area contributed by atoms with E-state index in [0.717, 1.165) is 9.18 Å². The molecule has 1 aromatic carbocycles. The zero-order valence-electron chi connectivity index (χ0n) is 20.0. The summed E-state index contributed by atoms with van der Waals surface area (Å²) in [5.74, 6) is -1.81. The molecule has 0 radical (unpaired) electrons. The second-order valence-corrected chi connectivity index (χ2v) is 10.8. The molecule has 13 nitrogen and oxygen atoms in total. The number of benzene rings is 1. The van der Waals surface area contributed by atoms with Crippen LogP contribution in [0.25, 0.3) is 5.76 Å². The minimum Gasteiger partial charge on any atom is -0.446 e. The molecule has 1 amide bonds. The Kier molecular flexibility index (Phi) is 7.99. The molecule has 198 valence electrons. The van der Waals surface area contributed by atoms with Crippen molar-refractivity contribution in [2.75, 3.05) is 25.8 Å². The van der Waals surface area contributed by atoms with E-state index in [-0.39, 0.29) is 33.6 Å². The second-order valence-electron chi connectivity index (χ2n) is 7.59. The molecule has 2 N–H and O–H groups in total. The van der Waals surface area contributed by atoms with E-state index >= 15 is 0 Å². The Morgan fingerprint density at radius 3 is 2.53 bits per heavy atom. The minimum absolute atomic E-state index is 0.00128. The highest BCUT2D eigenvalue weighted by Gasteiger charge is 2.40. The molecule has 15 heteroatoms. The van der Waals surface area contributed by atoms with Gasteiger partial charge in [-0.1, -0.05) is 12.1 Å². The van der Waals surface area contributed by atoms with Gasteiger partial charge in [0.25, 0.3) is 15.9 Å². The number of hydrogen-bond donors (Lipinski definition) is 2. The van der Waals surface area contributed by atoms with Gasteiger partial charge in [0, 0.05) is 36.1 Å². The number of likely N-dealkylation sites (N-methyl/N-ethyl adjacent to an activating group) is 1. The summed E-state index contributed by atoms with van der Waals surface area (Å²) in [6.45, 7) is 1.09. The number of rotatable bonds is 8. The standard InChI is InChI=1S/C23H21N5O8S2/c1-14-10-26-22(37-14)27-20(29)18-19(16-7-3-4-8-17(16)38(32,33)28(18)2)36-23(31)35-13-25-12-34-21(30)15-6-5-9-24-11-15/h3-11,25H,12-13H2,1-2H3,(H,26,27,29). The molecular formula is C23H21N5O8S2. The zero-order valence-corrected chi connectivity index (χ0v) is 21.7. The molecule has 0 atom stereocenters. The number of carbonyl (C=O) groups excluding carboxylic acids is 3. The monoisotopic (exact) mass is 559 g/mol. The summed E-state index contributed by atoms with van der Waals surface area (Å²) in [4.78, 5) is 46.1. The fourth-order valence-corrected chi connectivity index (χ4v) is 5.33. The second kappa shape index (κ2) is 11.4. The van der Waals surface area contributed by atoms with Gasteiger partial charge in [0.05, 0.1) is 10.5 Å². The summed E-state index contributed by atoms with van der Waals surface area (Å²) in [5, 5.41) is 5.33. The van der Waals surface area contributed by atoms with E-state index in [1.807, 2.05) is 0 Å². The van der Waals surface area contributed by atoms with Gasteiger partial charge in [-0.3, -0.25) is 24.7 Å². The summed E-state index contributed by atoms with van der Waals surface area (Å²) < 4.78 is 42.2. The summed E-state index contributed by atoms with van der Waals surface area (Å²) >= 11 is 1.18. The Hall–Kier alpha value is -4.34. The molecule has 4 rings (SSSR count). The van der Waals surface area contributed by atoms with Gasteiger partial charge in [-0.2, -0.15) is 0 Å². The van der Waals surface area contributed by atoms with Gasteiger partial charge in [-0.15, -0.1) is 11.3 Å². The Balaban J connectivity index is 1.47. The van der Waals surface area contributed by atoms with E-state index in [9.17, 15) is 22.8 Å². The largest absolute Gasteiger partial charge is 0.515 e. The first-order valence-electron chi connectivity index (χ1n) is 10.9. The maximum absolute atomic E-state index is 13.2. The molecule has 0 saturated carbocycles. The van der Waals surface area contributed by atoms with Gasteiger partial charge in [-0.25, -0.2) is 23.0 Å². The van der Waals surface area contributed by atoms with E-state index in [1.54, 1.807) is 19.2 Å². The number of amides is 1. The number of aryl methyl sites for hydroxylation is 1. The Labute approximate surface area is 221 Å². The first kappa shape index (κ1) is 26.7. The normalized spacial score (nSPS) is 13.9. The average Bonchev–Trinajstić information content (AvgIpc) is 3.31. The number of esters is 1. The zero-order chi connectivity index (χ0) is 27.3. The van der Waals surface area contributed by atoms with Crippen molar-refractivity contribution in [3.05, 3.63) is 76.7 Å². The number of pyridine rings is 1. The van der Waals surface area contributed by atoms with Crippen LogP contribution in [0.4, 0.5) is 9.93 Å². The first-order valence-corrected chi connectivity index (χ1v) is 13.1. The number of ether oxygens (including phenoxy) is 3. The van der Waals surface area contributed by atoms with Crippen LogP contribution in [0.15, 0.2) is 65.6 Å². The van der Waals surface area contributed by atoms with Gasteiger partial charge < -0.3 is 14.2 Å². The lowest BCUT2D eigenvalue weighted by Gasteiger charge is -2.29. The lowest BCUT2D eigenvalue weighted by Crippen LogP contribution is -2.38. The summed E-state index contributed by atoms with van der Waals surface area (Å²) in [5.41, 5.74) is -0.191. The molecule has 0 saturated heterocycles. The van der Waals surface area contributed by atoms with Crippen molar-refractivity contribution in [3.8, 4) is 0 Å². The smallest absolute Gasteiger partial charge is 0.446 e. The van der Waals surface area contributed by atoms with E-state index < -0.39 is 40.5 Å². The quantitative estimate of drug-likeness (QED) is 0.236. The van der Waals surface area contributed by atoms with Gasteiger partial charge in [0.1, 0.15) is 13.5 Å². The molecule has 0 unspecified atom stereocenters. The third-order valence-electron chi connectivity index (χ3n) is 5.04. The van der Waals surface area contributed by atoms with E-state index in [0.29, 0.717) is 0 Å². The van der Waals surface area contributed by atoms with E-state index in [2.05, 4.69) is 20.6 Å². The molecule has 3 heterocycles. The molecule has 1 aliphatic heterocycles. The van der Waals surface area contributed by atoms with Crippen molar-refractivity contribution in [1.82, 2.24) is 19.6 Å². The Morgan fingerprint density at radius 2 is 1.82 bits per heavy atom. The molecule has 1 aliphatic rings. The van der Waals surface area contributed by atoms with Crippen molar-refractivity contribution in [1.29, 1.82) is 0 Å². The third kappa shape index (κ3) is 5.80. The van der Waals surface area contributed by atoms with Crippen molar-refractivity contribution in [2.24, 2.45) is 0 Å². The number of carbonyl (C=O) groups is 3. The highest BCUT2D eigenvalue weighted by Crippen LogP contribution is 2.37. The molecule has 0 fully saturated rings. The van der Waals surface area contributed by atoms with Gasteiger partial charge in [-0.05, 0) is 31.2 Å². The minimum atomic E-state index is -4.13. The summed E-state index contributed by atoms with van der Waals surface area (Å²) in [6.07, 6.45) is 3.16. The summed E-state index contributed by atoms with van der Waals surface area (Å²) in [6, 6.07) is 8.87. The maximum atomic E-state index is 13.2. The molecule has 38 heavy (non-hydrogen) atoms. The number of hydrogen-bond acceptors (Lipinski definition) is 12. The van der Waals surface area contributed by atoms with Crippen LogP contribution >= 0.6 is 11.3 Å². The topological polar surface area (TPSA) is 166 Å². The number of thiazole rings is 1. The van der Waals surface area contributed by atoms with Crippen LogP contribution < -0.4 is 10.6 Å². The highest BCUT2D eigenvalue weighted by molar-refractivity contribution is 7.89. The van der Waals surface area contributed by atoms with Crippen molar-refractivity contribution < 1.29 is 37.0 Å². The van der Waals surface area contributed by atoms with Crippen LogP contribution in [-0.4, -0.2) is 61.2 Å². The molecule has 3 aromatic rings. The van der Waals surface area contributed by atoms with Gasteiger partial charge >= 0.3 is 12.1 Å². The van der Waals surface area contributed by atoms with Crippen LogP contribution in [0.1, 0.15) is 20.8 Å². The number of nitrogens with one attached hydrogen (secondary N) is 2. The van der Waals surface area contributed by atoms with Crippen LogP contribution in [-0.2, 0) is 29.0 Å². The van der Waals surface area contributed by atoms with Crippen molar-refractivity contribution in [3.63, 3.8) is 0 Å². The predicted molar refractivity (Wildman–Crippen MR) is 134 cm³/mol.